The Bertz CT molecular complexity index is 1390. The second-order valence-corrected chi connectivity index (χ2v) is 12.8. The van der Waals surface area contributed by atoms with Gasteiger partial charge in [0.05, 0.1) is 41.8 Å². The number of hydrogen-bond donors (Lipinski definition) is 3. The normalized spacial score (nSPS) is 20.5. The second-order valence-electron chi connectivity index (χ2n) is 10.9. The Kier molecular flexibility index (Phi) is 7.40. The third kappa shape index (κ3) is 6.24. The first-order valence-electron chi connectivity index (χ1n) is 13.3. The Morgan fingerprint density at radius 1 is 1.10 bits per heavy atom. The molecule has 1 saturated heterocycles. The molecule has 2 aliphatic carbocycles. The molecule has 13 heteroatoms. The highest BCUT2D eigenvalue weighted by Crippen LogP contribution is 2.54. The smallest absolute Gasteiger partial charge is 0.277 e. The summed E-state index contributed by atoms with van der Waals surface area (Å²) in [7, 11) is -3.77. The molecular weight excluding hydrogens is 532 g/mol. The largest absolute Gasteiger partial charge is 0.395 e. The van der Waals surface area contributed by atoms with Crippen LogP contribution >= 0.6 is 0 Å². The molecule has 0 unspecified atom stereocenters. The van der Waals surface area contributed by atoms with Crippen LogP contribution in [0.15, 0.2) is 35.5 Å². The summed E-state index contributed by atoms with van der Waals surface area (Å²) in [6.45, 7) is 0.890. The van der Waals surface area contributed by atoms with E-state index in [1.807, 2.05) is 4.90 Å². The third-order valence-corrected chi connectivity index (χ3v) is 9.45. The van der Waals surface area contributed by atoms with E-state index < -0.39 is 45.8 Å². The molecule has 2 saturated carbocycles. The van der Waals surface area contributed by atoms with Crippen LogP contribution in [0, 0.1) is 5.41 Å². The molecule has 1 amide bonds. The van der Waals surface area contributed by atoms with Crippen molar-refractivity contribution in [1.29, 1.82) is 0 Å². The van der Waals surface area contributed by atoms with E-state index in [1.54, 1.807) is 6.07 Å². The highest BCUT2D eigenvalue weighted by atomic mass is 32.2. The zero-order chi connectivity index (χ0) is 27.8. The predicted octanol–water partition coefficient (Wildman–Crippen LogP) is 3.36. The van der Waals surface area contributed by atoms with Crippen molar-refractivity contribution in [3.05, 3.63) is 46.6 Å². The van der Waals surface area contributed by atoms with E-state index in [9.17, 15) is 26.8 Å². The fourth-order valence-corrected chi connectivity index (χ4v) is 6.39. The fourth-order valence-electron chi connectivity index (χ4n) is 5.56. The molecule has 3 aliphatic rings. The zero-order valence-electron chi connectivity index (χ0n) is 21.5. The maximum absolute atomic E-state index is 13.6. The Morgan fingerprint density at radius 3 is 2.44 bits per heavy atom. The molecule has 10 nitrogen and oxygen atoms in total. The van der Waals surface area contributed by atoms with Crippen LogP contribution in [0.3, 0.4) is 0 Å². The summed E-state index contributed by atoms with van der Waals surface area (Å²) in [6.07, 6.45) is 6.55. The van der Waals surface area contributed by atoms with Gasteiger partial charge in [-0.1, -0.05) is 0 Å². The monoisotopic (exact) mass is 565 g/mol. The molecule has 3 fully saturated rings. The highest BCUT2D eigenvalue weighted by molar-refractivity contribution is 7.92. The minimum Gasteiger partial charge on any atom is -0.395 e. The summed E-state index contributed by atoms with van der Waals surface area (Å²) in [5, 5.41) is 11.7. The maximum atomic E-state index is 13.6. The summed E-state index contributed by atoms with van der Waals surface area (Å²) in [6, 6.07) is 4.13. The van der Waals surface area contributed by atoms with Crippen molar-refractivity contribution >= 4 is 33.0 Å². The Labute approximate surface area is 225 Å². The number of aliphatic hydroxyl groups excluding tert-OH is 1. The Hall–Kier alpha value is -3.06. The zero-order valence-corrected chi connectivity index (χ0v) is 22.4. The first-order chi connectivity index (χ1) is 18.5. The number of aliphatic hydroxyl groups is 1. The summed E-state index contributed by atoms with van der Waals surface area (Å²) < 4.78 is 55.4. The number of rotatable bonds is 8. The fraction of sp³-hybridized carbons (Fsp3) is 0.577. The van der Waals surface area contributed by atoms with E-state index in [2.05, 4.69) is 15.0 Å². The highest BCUT2D eigenvalue weighted by Gasteiger charge is 2.44. The van der Waals surface area contributed by atoms with Crippen molar-refractivity contribution in [2.45, 2.75) is 63.3 Å². The van der Waals surface area contributed by atoms with Crippen molar-refractivity contribution in [2.75, 3.05) is 40.4 Å². The van der Waals surface area contributed by atoms with Crippen LogP contribution in [0.5, 0.6) is 0 Å². The van der Waals surface area contributed by atoms with E-state index in [4.69, 9.17) is 5.11 Å². The second kappa shape index (κ2) is 10.5. The standard InChI is InChI=1S/C26H33F2N5O5S/c27-26(28)5-3-19(4-6-26)33-17-29-16-21(24(33)36)30-23(35)20-2-1-18(31-39(37,38)14-13-34)15-22(20)32-11-9-25(7-8-25)10-12-32/h1-2,15-17,19,31,34H,3-14H2,(H,30,35). The lowest BCUT2D eigenvalue weighted by atomic mass is 9.92. The van der Waals surface area contributed by atoms with Gasteiger partial charge >= 0.3 is 0 Å². The molecule has 1 spiro atoms. The number of benzene rings is 1. The number of aromatic nitrogens is 2. The van der Waals surface area contributed by atoms with Crippen molar-refractivity contribution < 1.29 is 27.1 Å². The van der Waals surface area contributed by atoms with Gasteiger partial charge < -0.3 is 15.3 Å². The van der Waals surface area contributed by atoms with Crippen LogP contribution in [0.4, 0.5) is 25.8 Å². The first kappa shape index (κ1) is 27.5. The van der Waals surface area contributed by atoms with Gasteiger partial charge in [-0.25, -0.2) is 22.2 Å². The predicted molar refractivity (Wildman–Crippen MR) is 143 cm³/mol. The molecule has 0 atom stereocenters. The molecule has 0 radical (unpaired) electrons. The number of halogens is 2. The lowest BCUT2D eigenvalue weighted by Crippen LogP contribution is -2.36. The van der Waals surface area contributed by atoms with Gasteiger partial charge in [-0.2, -0.15) is 0 Å². The maximum Gasteiger partial charge on any atom is 0.277 e. The van der Waals surface area contributed by atoms with Gasteiger partial charge in [0.1, 0.15) is 5.69 Å². The number of hydrogen-bond acceptors (Lipinski definition) is 7. The minimum absolute atomic E-state index is 0.0610. The average molecular weight is 566 g/mol. The number of nitrogens with one attached hydrogen (secondary N) is 2. The van der Waals surface area contributed by atoms with Gasteiger partial charge in [-0.15, -0.1) is 0 Å². The van der Waals surface area contributed by atoms with Crippen molar-refractivity contribution in [2.24, 2.45) is 5.41 Å². The Balaban J connectivity index is 1.40. The number of alkyl halides is 2. The van der Waals surface area contributed by atoms with Gasteiger partial charge in [-0.05, 0) is 62.1 Å². The van der Waals surface area contributed by atoms with Crippen LogP contribution in [0.25, 0.3) is 0 Å². The van der Waals surface area contributed by atoms with Crippen LogP contribution in [0.1, 0.15) is 67.8 Å². The van der Waals surface area contributed by atoms with Crippen LogP contribution in [-0.2, 0) is 10.0 Å². The SMILES string of the molecule is O=C(Nc1cncn(C2CCC(F)(F)CC2)c1=O)c1ccc(NS(=O)(=O)CCO)cc1N1CCC2(CC1)CC2. The van der Waals surface area contributed by atoms with Gasteiger partial charge in [0, 0.05) is 32.0 Å². The number of anilines is 3. The first-order valence-corrected chi connectivity index (χ1v) is 14.9. The lowest BCUT2D eigenvalue weighted by Gasteiger charge is -2.35. The van der Waals surface area contributed by atoms with E-state index in [0.29, 0.717) is 24.2 Å². The molecule has 5 rings (SSSR count). The molecule has 2 aromatic rings. The van der Waals surface area contributed by atoms with Crippen LogP contribution in [0.2, 0.25) is 0 Å². The summed E-state index contributed by atoms with van der Waals surface area (Å²) in [4.78, 5) is 32.7. The molecular formula is C26H33F2N5O5S. The van der Waals surface area contributed by atoms with Crippen LogP contribution < -0.4 is 20.5 Å². The lowest BCUT2D eigenvalue weighted by molar-refractivity contribution is -0.0443. The van der Waals surface area contributed by atoms with Crippen molar-refractivity contribution in [3.63, 3.8) is 0 Å². The number of piperidine rings is 1. The van der Waals surface area contributed by atoms with Crippen molar-refractivity contribution in [3.8, 4) is 0 Å². The third-order valence-electron chi connectivity index (χ3n) is 8.19. The number of amides is 1. The van der Waals surface area contributed by atoms with Gasteiger partial charge in [-0.3, -0.25) is 18.9 Å². The molecule has 1 aliphatic heterocycles. The van der Waals surface area contributed by atoms with Gasteiger partial charge in [0.15, 0.2) is 0 Å². The molecule has 39 heavy (non-hydrogen) atoms. The number of carbonyl (C=O) groups is 1. The topological polar surface area (TPSA) is 134 Å². The molecule has 1 aromatic heterocycles. The van der Waals surface area contributed by atoms with E-state index in [0.717, 1.165) is 12.8 Å². The van der Waals surface area contributed by atoms with E-state index in [1.165, 1.54) is 42.1 Å². The Morgan fingerprint density at radius 2 is 1.79 bits per heavy atom. The van der Waals surface area contributed by atoms with Gasteiger partial charge in [0.25, 0.3) is 11.5 Å². The van der Waals surface area contributed by atoms with Gasteiger partial charge in [0.2, 0.25) is 15.9 Å². The van der Waals surface area contributed by atoms with Crippen molar-refractivity contribution in [1.82, 2.24) is 9.55 Å². The minimum atomic E-state index is -3.77. The number of nitrogens with zero attached hydrogens (tertiary/aromatic N) is 3. The molecule has 0 bridgehead atoms. The summed E-state index contributed by atoms with van der Waals surface area (Å²) in [5.74, 6) is -3.75. The average Bonchev–Trinajstić information content (AvgIpc) is 3.64. The van der Waals surface area contributed by atoms with E-state index in [-0.39, 0.29) is 42.6 Å². The number of carbonyl (C=O) groups excluding carboxylic acids is 1. The number of sulfonamides is 1. The van der Waals surface area contributed by atoms with E-state index >= 15 is 0 Å². The quantitative estimate of drug-likeness (QED) is 0.447. The van der Waals surface area contributed by atoms with Crippen LogP contribution in [-0.4, -0.2) is 60.4 Å². The summed E-state index contributed by atoms with van der Waals surface area (Å²) >= 11 is 0. The molecule has 1 aromatic carbocycles. The molecule has 2 heterocycles. The molecule has 212 valence electrons. The molecule has 3 N–H and O–H groups in total. The summed E-state index contributed by atoms with van der Waals surface area (Å²) in [5.41, 5.74) is 0.860.